The Labute approximate surface area is 180 Å². The van der Waals surface area contributed by atoms with Crippen molar-refractivity contribution in [3.05, 3.63) is 51.6 Å². The molecule has 0 radical (unpaired) electrons. The van der Waals surface area contributed by atoms with Crippen LogP contribution in [0.4, 0.5) is 5.88 Å². The number of furan rings is 1. The Morgan fingerprint density at radius 2 is 2.00 bits per heavy atom. The fourth-order valence-electron chi connectivity index (χ4n) is 4.44. The van der Waals surface area contributed by atoms with Crippen molar-refractivity contribution < 1.29 is 13.9 Å². The summed E-state index contributed by atoms with van der Waals surface area (Å²) in [5, 5.41) is 10.2. The summed E-state index contributed by atoms with van der Waals surface area (Å²) in [5.74, 6) is 1.36. The number of carbonyl (C=O) groups is 1. The third-order valence-electron chi connectivity index (χ3n) is 5.96. The van der Waals surface area contributed by atoms with Crippen molar-refractivity contribution in [3.8, 4) is 5.75 Å². The molecule has 0 aliphatic carbocycles. The maximum absolute atomic E-state index is 13.0. The Hall–Kier alpha value is -3.13. The average Bonchev–Trinajstić information content (AvgIpc) is 2.93. The molecular formula is C23H28N4O4. The molecule has 8 heteroatoms. The van der Waals surface area contributed by atoms with Gasteiger partial charge in [-0.3, -0.25) is 19.8 Å². The molecule has 0 spiro atoms. The number of benzene rings is 1. The molecule has 4 rings (SSSR count). The highest BCUT2D eigenvalue weighted by Gasteiger charge is 2.26. The van der Waals surface area contributed by atoms with E-state index in [1.807, 2.05) is 12.1 Å². The topological polar surface area (TPSA) is 100 Å². The SMILES string of the molecule is COc1ccc(C2CCCCCN2CC(=O)Nc2oc(C)c3c(C)n[nH]c(=O)c23)cc1. The molecule has 1 aromatic carbocycles. The minimum Gasteiger partial charge on any atom is -0.497 e. The number of hydrogen-bond acceptors (Lipinski definition) is 6. The average molecular weight is 425 g/mol. The maximum atomic E-state index is 13.0. The molecule has 0 bridgehead atoms. The van der Waals surface area contributed by atoms with Crippen molar-refractivity contribution in [2.45, 2.75) is 45.6 Å². The number of fused-ring (bicyclic) bond motifs is 1. The Bertz CT molecular complexity index is 1130. The summed E-state index contributed by atoms with van der Waals surface area (Å²) in [5.41, 5.74) is 1.45. The maximum Gasteiger partial charge on any atom is 0.277 e. The highest BCUT2D eigenvalue weighted by Crippen LogP contribution is 2.32. The molecule has 31 heavy (non-hydrogen) atoms. The minimum atomic E-state index is -0.376. The standard InChI is InChI=1S/C23H28N4O4/c1-14-20-15(2)31-23(21(20)22(29)26-25-14)24-19(28)13-27-12-6-4-5-7-18(27)16-8-10-17(30-3)11-9-16/h8-11,18H,4-7,12-13H2,1-3H3,(H,24,28)(H,26,29). The van der Waals surface area contributed by atoms with Crippen LogP contribution < -0.4 is 15.6 Å². The molecule has 164 valence electrons. The van der Waals surface area contributed by atoms with E-state index in [2.05, 4.69) is 32.5 Å². The summed E-state index contributed by atoms with van der Waals surface area (Å²) in [6.07, 6.45) is 4.31. The Balaban J connectivity index is 1.55. The third-order valence-corrected chi connectivity index (χ3v) is 5.96. The molecule has 3 aromatic rings. The molecule has 2 N–H and O–H groups in total. The van der Waals surface area contributed by atoms with Gasteiger partial charge in [0.15, 0.2) is 0 Å². The number of nitrogens with one attached hydrogen (secondary N) is 2. The number of aryl methyl sites for hydroxylation is 2. The number of carbonyl (C=O) groups excluding carboxylic acids is 1. The van der Waals surface area contributed by atoms with Crippen LogP contribution in [0.3, 0.4) is 0 Å². The third kappa shape index (κ3) is 4.34. The highest BCUT2D eigenvalue weighted by molar-refractivity contribution is 6.01. The summed E-state index contributed by atoms with van der Waals surface area (Å²) in [7, 11) is 1.65. The van der Waals surface area contributed by atoms with Gasteiger partial charge in [-0.25, -0.2) is 5.10 Å². The quantitative estimate of drug-likeness (QED) is 0.648. The van der Waals surface area contributed by atoms with E-state index in [1.54, 1.807) is 21.0 Å². The van der Waals surface area contributed by atoms with E-state index in [-0.39, 0.29) is 29.9 Å². The molecule has 1 unspecified atom stereocenters. The number of rotatable bonds is 5. The zero-order valence-corrected chi connectivity index (χ0v) is 18.2. The van der Waals surface area contributed by atoms with E-state index in [4.69, 9.17) is 9.15 Å². The first-order valence-electron chi connectivity index (χ1n) is 10.6. The second kappa shape index (κ2) is 8.93. The lowest BCUT2D eigenvalue weighted by Crippen LogP contribution is -2.36. The smallest absolute Gasteiger partial charge is 0.277 e. The Kier molecular flexibility index (Phi) is 6.08. The predicted octanol–water partition coefficient (Wildman–Crippen LogP) is 3.70. The molecule has 1 aliphatic heterocycles. The zero-order valence-electron chi connectivity index (χ0n) is 18.2. The molecule has 1 fully saturated rings. The van der Waals surface area contributed by atoms with E-state index in [1.165, 1.54) is 5.56 Å². The van der Waals surface area contributed by atoms with Gasteiger partial charge in [-0.1, -0.05) is 25.0 Å². The lowest BCUT2D eigenvalue weighted by atomic mass is 10.0. The minimum absolute atomic E-state index is 0.157. The number of methoxy groups -OCH3 is 1. The van der Waals surface area contributed by atoms with Crippen LogP contribution in [0.2, 0.25) is 0 Å². The van der Waals surface area contributed by atoms with Crippen molar-refractivity contribution in [1.82, 2.24) is 15.1 Å². The van der Waals surface area contributed by atoms with E-state index in [0.29, 0.717) is 22.2 Å². The van der Waals surface area contributed by atoms with Gasteiger partial charge in [0.2, 0.25) is 11.8 Å². The molecule has 3 heterocycles. The number of H-pyrrole nitrogens is 1. The predicted molar refractivity (Wildman–Crippen MR) is 119 cm³/mol. The zero-order chi connectivity index (χ0) is 22.0. The Morgan fingerprint density at radius 1 is 1.23 bits per heavy atom. The monoisotopic (exact) mass is 424 g/mol. The van der Waals surface area contributed by atoms with Crippen molar-refractivity contribution >= 4 is 22.6 Å². The molecule has 1 saturated heterocycles. The number of amides is 1. The first kappa shape index (κ1) is 21.1. The number of anilines is 1. The lowest BCUT2D eigenvalue weighted by Gasteiger charge is -2.29. The van der Waals surface area contributed by atoms with Gasteiger partial charge < -0.3 is 9.15 Å². The molecule has 1 atom stereocenters. The van der Waals surface area contributed by atoms with Gasteiger partial charge in [-0.2, -0.15) is 5.10 Å². The van der Waals surface area contributed by atoms with Crippen LogP contribution in [0.25, 0.3) is 10.8 Å². The number of aromatic amines is 1. The van der Waals surface area contributed by atoms with Gasteiger partial charge in [-0.15, -0.1) is 0 Å². The molecular weight excluding hydrogens is 396 g/mol. The summed E-state index contributed by atoms with van der Waals surface area (Å²) in [4.78, 5) is 27.5. The number of nitrogens with zero attached hydrogens (tertiary/aromatic N) is 2. The van der Waals surface area contributed by atoms with Gasteiger partial charge in [0, 0.05) is 6.04 Å². The van der Waals surface area contributed by atoms with E-state index in [9.17, 15) is 9.59 Å². The number of ether oxygens (including phenoxy) is 1. The van der Waals surface area contributed by atoms with Gasteiger partial charge in [0.25, 0.3) is 5.56 Å². The van der Waals surface area contributed by atoms with Crippen LogP contribution in [0.1, 0.15) is 48.7 Å². The molecule has 1 aliphatic rings. The highest BCUT2D eigenvalue weighted by atomic mass is 16.5. The second-order valence-electron chi connectivity index (χ2n) is 8.03. The van der Waals surface area contributed by atoms with Crippen molar-refractivity contribution in [3.63, 3.8) is 0 Å². The van der Waals surface area contributed by atoms with Crippen LogP contribution in [0.15, 0.2) is 33.5 Å². The summed E-state index contributed by atoms with van der Waals surface area (Å²) < 4.78 is 11.0. The summed E-state index contributed by atoms with van der Waals surface area (Å²) in [6, 6.07) is 8.21. The van der Waals surface area contributed by atoms with Crippen molar-refractivity contribution in [2.24, 2.45) is 0 Å². The van der Waals surface area contributed by atoms with Gasteiger partial charge in [-0.05, 0) is 50.9 Å². The Morgan fingerprint density at radius 3 is 2.74 bits per heavy atom. The molecule has 8 nitrogen and oxygen atoms in total. The van der Waals surface area contributed by atoms with Crippen LogP contribution in [0, 0.1) is 13.8 Å². The largest absolute Gasteiger partial charge is 0.497 e. The number of likely N-dealkylation sites (tertiary alicyclic amines) is 1. The fourth-order valence-corrected chi connectivity index (χ4v) is 4.44. The van der Waals surface area contributed by atoms with Crippen LogP contribution in [-0.4, -0.2) is 41.2 Å². The summed E-state index contributed by atoms with van der Waals surface area (Å²) in [6.45, 7) is 4.62. The van der Waals surface area contributed by atoms with Gasteiger partial charge in [0.05, 0.1) is 24.7 Å². The lowest BCUT2D eigenvalue weighted by molar-refractivity contribution is -0.118. The van der Waals surface area contributed by atoms with Gasteiger partial charge in [0.1, 0.15) is 16.9 Å². The first-order valence-corrected chi connectivity index (χ1v) is 10.6. The molecule has 1 amide bonds. The van der Waals surface area contributed by atoms with Crippen LogP contribution in [0.5, 0.6) is 5.75 Å². The summed E-state index contributed by atoms with van der Waals surface area (Å²) >= 11 is 0. The van der Waals surface area contributed by atoms with Crippen molar-refractivity contribution in [2.75, 3.05) is 25.5 Å². The molecule has 2 aromatic heterocycles. The normalized spacial score (nSPS) is 17.5. The number of aromatic nitrogens is 2. The molecule has 0 saturated carbocycles. The van der Waals surface area contributed by atoms with Crippen LogP contribution in [-0.2, 0) is 4.79 Å². The van der Waals surface area contributed by atoms with E-state index in [0.717, 1.165) is 38.0 Å². The van der Waals surface area contributed by atoms with Crippen molar-refractivity contribution in [1.29, 1.82) is 0 Å². The van der Waals surface area contributed by atoms with E-state index >= 15 is 0 Å². The van der Waals surface area contributed by atoms with Crippen LogP contribution >= 0.6 is 0 Å². The first-order chi connectivity index (χ1) is 15.0. The van der Waals surface area contributed by atoms with Gasteiger partial charge >= 0.3 is 0 Å². The van der Waals surface area contributed by atoms with E-state index < -0.39 is 0 Å². The second-order valence-corrected chi connectivity index (χ2v) is 8.03. The fraction of sp³-hybridized carbons (Fsp3) is 0.435. The number of hydrogen-bond donors (Lipinski definition) is 2.